The molecule has 6 saturated carbocycles. The number of carbonyl (C=O) groups excluding carboxylic acids is 4. The van der Waals surface area contributed by atoms with Gasteiger partial charge in [0.05, 0.1) is 18.3 Å². The molecule has 20 heteroatoms. The van der Waals surface area contributed by atoms with Gasteiger partial charge >= 0.3 is 5.97 Å². The van der Waals surface area contributed by atoms with Gasteiger partial charge in [-0.3, -0.25) is 19.2 Å². The number of aryl methyl sites for hydroxylation is 2. The molecule has 2 saturated heterocycles. The van der Waals surface area contributed by atoms with Crippen LogP contribution < -0.4 is 0 Å². The van der Waals surface area contributed by atoms with Crippen molar-refractivity contribution in [2.24, 2.45) is 45.3 Å². The van der Waals surface area contributed by atoms with Crippen LogP contribution in [0.5, 0.6) is 0 Å². The monoisotopic (exact) mass is 1100 g/mol. The number of hydrogen-bond acceptors (Lipinski definition) is 14. The van der Waals surface area contributed by atoms with Gasteiger partial charge in [0.2, 0.25) is 17.7 Å². The van der Waals surface area contributed by atoms with E-state index in [0.29, 0.717) is 34.8 Å². The largest absolute Gasteiger partial charge is 0.479 e. The van der Waals surface area contributed by atoms with Crippen LogP contribution in [0, 0.1) is 59.2 Å². The zero-order chi connectivity index (χ0) is 54.1. The van der Waals surface area contributed by atoms with Crippen molar-refractivity contribution in [1.82, 2.24) is 4.90 Å². The first-order valence-corrected chi connectivity index (χ1v) is 26.3. The summed E-state index contributed by atoms with van der Waals surface area (Å²) in [4.78, 5) is 65.0. The highest BCUT2D eigenvalue weighted by Gasteiger charge is 2.83. The van der Waals surface area contributed by atoms with Crippen molar-refractivity contribution in [2.75, 3.05) is 14.1 Å². The Hall–Kier alpha value is -4.70. The van der Waals surface area contributed by atoms with E-state index in [1.807, 2.05) is 0 Å². The zero-order valence-electron chi connectivity index (χ0n) is 42.6. The number of nitrogens with zero attached hydrogens (tertiary/aromatic N) is 1. The molecule has 2 aromatic heterocycles. The molecule has 420 valence electrons. The average Bonchev–Trinajstić information content (AvgIpc) is 4.25. The maximum atomic E-state index is 17.5. The van der Waals surface area contributed by atoms with Crippen molar-refractivity contribution in [3.63, 3.8) is 0 Å². The molecular formula is C57H69F4NO14S. The SMILES string of the molecule is C.C.Cc1ccc(C2O[C@@H]3C[C@H]4[C@@H]5C[C@H](F)C6=CC(=O)C=C[C@]6(C)[C@@]5(F)[C@@H](O)C[C@]4(C)[C@]3(C(=O)O)O2)o1.Cc1ccc(C2O[C@@H]3C[C@H]4[C@@H]5C[C@H](F)C6=CC(=O)C=C[C@]6(C)[C@@]5(F)[C@@H](O)C[C@]4(C)[C@]3(C(=O)SC(=O)N(C)C)O2)o1. The number of carbonyl (C=O) groups is 5. The zero-order valence-corrected chi connectivity index (χ0v) is 43.5. The first kappa shape index (κ1) is 57.0. The molecule has 8 fully saturated rings. The number of carboxylic acids is 1. The lowest BCUT2D eigenvalue weighted by molar-refractivity contribution is -0.241. The van der Waals surface area contributed by atoms with Crippen molar-refractivity contribution in [3.05, 3.63) is 94.9 Å². The van der Waals surface area contributed by atoms with Gasteiger partial charge in [0, 0.05) is 59.4 Å². The number of fused-ring (bicyclic) bond motifs is 14. The highest BCUT2D eigenvalue weighted by Crippen LogP contribution is 2.75. The number of carboxylic acid groups (broad SMARTS) is 1. The average molecular weight is 1100 g/mol. The molecule has 0 radical (unpaired) electrons. The van der Waals surface area contributed by atoms with Crippen LogP contribution in [0.15, 0.2) is 80.7 Å². The van der Waals surface area contributed by atoms with Gasteiger partial charge in [-0.2, -0.15) is 0 Å². The number of aliphatic carboxylic acids is 1. The summed E-state index contributed by atoms with van der Waals surface area (Å²) < 4.78 is 102. The Morgan fingerprint density at radius 3 is 1.44 bits per heavy atom. The molecule has 0 aromatic carbocycles. The minimum absolute atomic E-state index is 0. The number of halogens is 4. The Bertz CT molecular complexity index is 2940. The second-order valence-electron chi connectivity index (χ2n) is 23.6. The quantitative estimate of drug-likeness (QED) is 0.243. The second-order valence-corrected chi connectivity index (χ2v) is 24.5. The predicted molar refractivity (Wildman–Crippen MR) is 271 cm³/mol. The van der Waals surface area contributed by atoms with E-state index in [-0.39, 0.29) is 64.5 Å². The minimum atomic E-state index is -2.31. The highest BCUT2D eigenvalue weighted by atomic mass is 32.2. The summed E-state index contributed by atoms with van der Waals surface area (Å²) in [5, 5.41) is 32.4. The van der Waals surface area contributed by atoms with Gasteiger partial charge in [0.25, 0.3) is 5.24 Å². The molecule has 2 aliphatic heterocycles. The Labute approximate surface area is 448 Å². The molecule has 0 spiro atoms. The van der Waals surface area contributed by atoms with Gasteiger partial charge in [0.1, 0.15) is 30.0 Å². The molecular weight excluding hydrogens is 1030 g/mol. The molecule has 2 unspecified atom stereocenters. The Morgan fingerprint density at radius 2 is 1.05 bits per heavy atom. The molecule has 20 atom stereocenters. The van der Waals surface area contributed by atoms with Gasteiger partial charge < -0.3 is 48.0 Å². The van der Waals surface area contributed by atoms with Crippen molar-refractivity contribution in [2.45, 2.75) is 167 Å². The van der Waals surface area contributed by atoms with E-state index >= 15 is 17.6 Å². The number of furan rings is 2. The summed E-state index contributed by atoms with van der Waals surface area (Å²) in [6, 6.07) is 6.78. The Kier molecular flexibility index (Phi) is 13.6. The molecule has 3 N–H and O–H groups in total. The maximum absolute atomic E-state index is 17.5. The van der Waals surface area contributed by atoms with Gasteiger partial charge in [-0.1, -0.05) is 40.9 Å². The number of aliphatic hydroxyl groups excluding tert-OH is 2. The van der Waals surface area contributed by atoms with Crippen LogP contribution in [0.4, 0.5) is 22.4 Å². The molecule has 8 aliphatic carbocycles. The van der Waals surface area contributed by atoms with E-state index in [0.717, 1.165) is 12.2 Å². The molecule has 15 nitrogen and oxygen atoms in total. The number of rotatable bonds is 4. The van der Waals surface area contributed by atoms with Crippen molar-refractivity contribution in [3.8, 4) is 0 Å². The lowest BCUT2D eigenvalue weighted by Crippen LogP contribution is -2.70. The number of hydrogen-bond donors (Lipinski definition) is 3. The molecule has 2 aromatic rings. The number of aliphatic hydroxyl groups is 2. The van der Waals surface area contributed by atoms with Crippen LogP contribution >= 0.6 is 11.8 Å². The number of amides is 1. The number of ether oxygens (including phenoxy) is 4. The van der Waals surface area contributed by atoms with Gasteiger partial charge in [-0.05, 0) is 138 Å². The summed E-state index contributed by atoms with van der Waals surface area (Å²) in [6.45, 7) is 9.96. The van der Waals surface area contributed by atoms with Crippen molar-refractivity contribution in [1.29, 1.82) is 0 Å². The standard InChI is InChI=1S/C29H33F2NO7S.C26H28F2O7.2CH4/c1-14-6-7-20(37-14)23-38-22-12-16-17-11-19(30)18-10-15(33)8-9-26(18,2)28(17,31)21(34)13-27(16,3)29(22,39-23)24(35)40-25(36)32(4)5;1-12-4-5-18(33-12)21-34-20-10-14-15-9-17(27)16-8-13(29)6-7-23(16,2)25(15,28)19(30)11-24(14,3)26(20,35-21)22(31)32;;/h6-10,16-17,19,21-23,34H,11-13H2,1-5H3;4-8,14-15,17,19-21,30H,9-11H2,1-3H3,(H,31,32);2*1H4/t16-,17-,19-,21-,22+,23?,26-,27-,28-,29-;14-,15-,17-,19-,20+,21?,23-,24-,25-,26-;;/m00../s1. The van der Waals surface area contributed by atoms with Gasteiger partial charge in [-0.25, -0.2) is 22.4 Å². The topological polar surface area (TPSA) is 212 Å². The third-order valence-electron chi connectivity index (χ3n) is 19.9. The molecule has 12 rings (SSSR count). The fraction of sp³-hybridized carbons (Fsp3) is 0.632. The Balaban J connectivity index is 0.000000184. The molecule has 1 amide bonds. The van der Waals surface area contributed by atoms with Gasteiger partial charge in [-0.15, -0.1) is 0 Å². The van der Waals surface area contributed by atoms with Crippen LogP contribution in [0.3, 0.4) is 0 Å². The normalized spacial score (nSPS) is 46.4. The van der Waals surface area contributed by atoms with Crippen LogP contribution in [0.2, 0.25) is 0 Å². The van der Waals surface area contributed by atoms with E-state index in [2.05, 4.69) is 0 Å². The van der Waals surface area contributed by atoms with E-state index in [4.69, 9.17) is 27.8 Å². The maximum Gasteiger partial charge on any atom is 0.339 e. The van der Waals surface area contributed by atoms with Crippen LogP contribution in [0.25, 0.3) is 0 Å². The third-order valence-corrected chi connectivity index (χ3v) is 20.9. The fourth-order valence-electron chi connectivity index (χ4n) is 16.3. The third kappa shape index (κ3) is 7.25. The number of ketones is 2. The van der Waals surface area contributed by atoms with Crippen LogP contribution in [-0.4, -0.2) is 122 Å². The predicted octanol–water partition coefficient (Wildman–Crippen LogP) is 9.64. The van der Waals surface area contributed by atoms with Crippen LogP contribution in [-0.2, 0) is 38.1 Å². The lowest BCUT2D eigenvalue weighted by atomic mass is 9.44. The van der Waals surface area contributed by atoms with E-state index in [1.54, 1.807) is 52.0 Å². The second kappa shape index (κ2) is 18.4. The first-order valence-electron chi connectivity index (χ1n) is 25.5. The summed E-state index contributed by atoms with van der Waals surface area (Å²) >= 11 is 0.482. The first-order chi connectivity index (χ1) is 35.1. The number of alkyl halides is 4. The summed E-state index contributed by atoms with van der Waals surface area (Å²) in [5.74, 6) is -3.50. The molecule has 77 heavy (non-hydrogen) atoms. The van der Waals surface area contributed by atoms with Gasteiger partial charge in [0.15, 0.2) is 45.6 Å². The number of thioether (sulfide) groups is 1. The lowest BCUT2D eigenvalue weighted by Gasteiger charge is -2.63. The molecule has 10 aliphatic rings. The van der Waals surface area contributed by atoms with Crippen LogP contribution in [0.1, 0.15) is 117 Å². The highest BCUT2D eigenvalue weighted by molar-refractivity contribution is 8.26. The number of allylic oxidation sites excluding steroid dienone is 8. The Morgan fingerprint density at radius 1 is 0.649 bits per heavy atom. The van der Waals surface area contributed by atoms with E-state index < -0.39 is 145 Å². The fourth-order valence-corrected chi connectivity index (χ4v) is 17.2. The van der Waals surface area contributed by atoms with E-state index in [1.165, 1.54) is 57.1 Å². The molecule has 4 heterocycles. The summed E-state index contributed by atoms with van der Waals surface area (Å²) in [6.07, 6.45) is -3.60. The van der Waals surface area contributed by atoms with Crippen molar-refractivity contribution >= 4 is 39.7 Å². The minimum Gasteiger partial charge on any atom is -0.479 e. The smallest absolute Gasteiger partial charge is 0.339 e. The summed E-state index contributed by atoms with van der Waals surface area (Å²) in [5.41, 5.74) is -13.7. The van der Waals surface area contributed by atoms with Crippen molar-refractivity contribution < 1.29 is 84.6 Å². The molecule has 0 bridgehead atoms. The summed E-state index contributed by atoms with van der Waals surface area (Å²) in [7, 11) is 3.05. The van der Waals surface area contributed by atoms with E-state index in [9.17, 15) is 39.3 Å².